The average Bonchev–Trinajstić information content (AvgIpc) is 2.85. The molecule has 0 aromatic heterocycles. The van der Waals surface area contributed by atoms with Crippen molar-refractivity contribution in [1.29, 1.82) is 0 Å². The van der Waals surface area contributed by atoms with Crippen LogP contribution in [0, 0.1) is 5.41 Å². The molecule has 0 spiro atoms. The Kier molecular flexibility index (Phi) is 5.93. The molecule has 1 unspecified atom stereocenters. The van der Waals surface area contributed by atoms with Gasteiger partial charge < -0.3 is 15.0 Å². The number of nitrogens with one attached hydrogen (secondary N) is 1. The van der Waals surface area contributed by atoms with Gasteiger partial charge in [-0.3, -0.25) is 9.79 Å². The third kappa shape index (κ3) is 5.87. The van der Waals surface area contributed by atoms with Gasteiger partial charge in [-0.2, -0.15) is 0 Å². The van der Waals surface area contributed by atoms with Crippen LogP contribution in [0.4, 0.5) is 0 Å². The monoisotopic (exact) mass is 313 g/mol. The van der Waals surface area contributed by atoms with Crippen LogP contribution in [0.2, 0.25) is 0 Å². The molecule has 0 aliphatic carbocycles. The molecule has 1 fully saturated rings. The quantitative estimate of drug-likeness (QED) is 0.859. The highest BCUT2D eigenvalue weighted by Crippen LogP contribution is 2.31. The lowest BCUT2D eigenvalue weighted by Gasteiger charge is -2.26. The first-order chi connectivity index (χ1) is 9.94. The summed E-state index contributed by atoms with van der Waals surface area (Å²) in [5, 5.41) is 4.87. The van der Waals surface area contributed by atoms with E-state index >= 15 is 0 Å². The number of rotatable bonds is 4. The zero-order valence-electron chi connectivity index (χ0n) is 13.4. The van der Waals surface area contributed by atoms with Gasteiger partial charge in [-0.25, -0.2) is 0 Å². The van der Waals surface area contributed by atoms with Crippen LogP contribution >= 0.6 is 11.8 Å². The first kappa shape index (κ1) is 16.6. The summed E-state index contributed by atoms with van der Waals surface area (Å²) >= 11 is 1.82. The summed E-state index contributed by atoms with van der Waals surface area (Å²) in [6.45, 7) is 11.1. The molecule has 2 aliphatic heterocycles. The third-order valence-electron chi connectivity index (χ3n) is 3.54. The first-order valence-electron chi connectivity index (χ1n) is 7.74. The number of morpholine rings is 1. The number of amidine groups is 1. The Morgan fingerprint density at radius 2 is 2.14 bits per heavy atom. The second-order valence-electron chi connectivity index (χ2n) is 6.82. The molecule has 0 radical (unpaired) electrons. The molecule has 6 heteroatoms. The number of nitrogens with zero attached hydrogens (tertiary/aromatic N) is 2. The van der Waals surface area contributed by atoms with Crippen LogP contribution < -0.4 is 5.32 Å². The normalized spacial score (nSPS) is 23.1. The number of amides is 1. The van der Waals surface area contributed by atoms with E-state index in [1.807, 2.05) is 16.7 Å². The number of ether oxygens (including phenoxy) is 1. The fourth-order valence-electron chi connectivity index (χ4n) is 2.55. The molecule has 0 bridgehead atoms. The molecule has 1 atom stereocenters. The maximum atomic E-state index is 12.0. The van der Waals surface area contributed by atoms with Gasteiger partial charge in [-0.05, 0) is 11.8 Å². The van der Waals surface area contributed by atoms with Crippen LogP contribution in [0.15, 0.2) is 4.99 Å². The van der Waals surface area contributed by atoms with Gasteiger partial charge in [0.2, 0.25) is 5.91 Å². The third-order valence-corrected chi connectivity index (χ3v) is 4.68. The SMILES string of the molecule is CC(C)(C)CC1CN=C(NCCC(=O)N2CCOCC2)S1. The van der Waals surface area contributed by atoms with Crippen molar-refractivity contribution in [2.75, 3.05) is 39.4 Å². The van der Waals surface area contributed by atoms with E-state index in [2.05, 4.69) is 31.1 Å². The van der Waals surface area contributed by atoms with Gasteiger partial charge in [-0.15, -0.1) is 0 Å². The van der Waals surface area contributed by atoms with E-state index in [1.54, 1.807) is 0 Å². The molecule has 0 aromatic carbocycles. The van der Waals surface area contributed by atoms with Gasteiger partial charge in [0, 0.05) is 31.3 Å². The van der Waals surface area contributed by atoms with Crippen LogP contribution in [-0.4, -0.2) is 60.6 Å². The van der Waals surface area contributed by atoms with E-state index in [-0.39, 0.29) is 5.91 Å². The highest BCUT2D eigenvalue weighted by atomic mass is 32.2. The number of hydrogen-bond acceptors (Lipinski definition) is 5. The van der Waals surface area contributed by atoms with Gasteiger partial charge >= 0.3 is 0 Å². The first-order valence-corrected chi connectivity index (χ1v) is 8.62. The van der Waals surface area contributed by atoms with Gasteiger partial charge in [0.25, 0.3) is 0 Å². The minimum absolute atomic E-state index is 0.209. The summed E-state index contributed by atoms with van der Waals surface area (Å²) in [4.78, 5) is 18.4. The van der Waals surface area contributed by atoms with E-state index in [1.165, 1.54) is 6.42 Å². The predicted octanol–water partition coefficient (Wildman–Crippen LogP) is 1.73. The highest BCUT2D eigenvalue weighted by Gasteiger charge is 2.25. The Labute approximate surface area is 131 Å². The second-order valence-corrected chi connectivity index (χ2v) is 8.11. The van der Waals surface area contributed by atoms with E-state index in [0.717, 1.165) is 24.8 Å². The smallest absolute Gasteiger partial charge is 0.224 e. The van der Waals surface area contributed by atoms with Crippen molar-refractivity contribution >= 4 is 22.8 Å². The van der Waals surface area contributed by atoms with Crippen molar-refractivity contribution in [3.8, 4) is 0 Å². The number of hydrogen-bond donors (Lipinski definition) is 1. The summed E-state index contributed by atoms with van der Waals surface area (Å²) in [6, 6.07) is 0. The molecule has 2 heterocycles. The van der Waals surface area contributed by atoms with Crippen molar-refractivity contribution in [2.45, 2.75) is 38.9 Å². The van der Waals surface area contributed by atoms with Crippen LogP contribution in [0.3, 0.4) is 0 Å². The van der Waals surface area contributed by atoms with Crippen molar-refractivity contribution in [1.82, 2.24) is 10.2 Å². The van der Waals surface area contributed by atoms with Gasteiger partial charge in [0.15, 0.2) is 5.17 Å². The fourth-order valence-corrected chi connectivity index (χ4v) is 3.93. The standard InChI is InChI=1S/C15H27N3O2S/c1-15(2,3)10-12-11-17-14(21-12)16-5-4-13(19)18-6-8-20-9-7-18/h12H,4-11H2,1-3H3,(H,16,17). The van der Waals surface area contributed by atoms with Crippen LogP contribution in [-0.2, 0) is 9.53 Å². The van der Waals surface area contributed by atoms with Crippen LogP contribution in [0.1, 0.15) is 33.6 Å². The molecule has 1 amide bonds. The van der Waals surface area contributed by atoms with Gasteiger partial charge in [-0.1, -0.05) is 32.5 Å². The number of aliphatic imine (C=N–C) groups is 1. The minimum Gasteiger partial charge on any atom is -0.378 e. The van der Waals surface area contributed by atoms with E-state index in [0.29, 0.717) is 36.8 Å². The lowest BCUT2D eigenvalue weighted by Crippen LogP contribution is -2.41. The molecule has 0 aromatic rings. The molecule has 1 N–H and O–H groups in total. The maximum absolute atomic E-state index is 12.0. The van der Waals surface area contributed by atoms with Crippen molar-refractivity contribution in [3.63, 3.8) is 0 Å². The molecule has 0 saturated carbocycles. The van der Waals surface area contributed by atoms with Gasteiger partial charge in [0.1, 0.15) is 0 Å². The van der Waals surface area contributed by atoms with Crippen LogP contribution in [0.5, 0.6) is 0 Å². The number of thioether (sulfide) groups is 1. The van der Waals surface area contributed by atoms with E-state index < -0.39 is 0 Å². The molecule has 1 saturated heterocycles. The van der Waals surface area contributed by atoms with Crippen molar-refractivity contribution in [2.24, 2.45) is 10.4 Å². The highest BCUT2D eigenvalue weighted by molar-refractivity contribution is 8.14. The lowest BCUT2D eigenvalue weighted by atomic mass is 9.90. The fraction of sp³-hybridized carbons (Fsp3) is 0.867. The van der Waals surface area contributed by atoms with Crippen molar-refractivity contribution in [3.05, 3.63) is 0 Å². The summed E-state index contributed by atoms with van der Waals surface area (Å²) < 4.78 is 5.26. The lowest BCUT2D eigenvalue weighted by molar-refractivity contribution is -0.135. The van der Waals surface area contributed by atoms with Crippen molar-refractivity contribution < 1.29 is 9.53 Å². The van der Waals surface area contributed by atoms with Crippen LogP contribution in [0.25, 0.3) is 0 Å². The summed E-state index contributed by atoms with van der Waals surface area (Å²) in [5.41, 5.74) is 0.342. The largest absolute Gasteiger partial charge is 0.378 e. The topological polar surface area (TPSA) is 53.9 Å². The molecule has 21 heavy (non-hydrogen) atoms. The second kappa shape index (κ2) is 7.49. The Bertz CT molecular complexity index is 387. The van der Waals surface area contributed by atoms with E-state index in [4.69, 9.17) is 4.74 Å². The summed E-state index contributed by atoms with van der Waals surface area (Å²) in [5.74, 6) is 0.209. The molecule has 2 aliphatic rings. The zero-order chi connectivity index (χ0) is 15.3. The average molecular weight is 313 g/mol. The van der Waals surface area contributed by atoms with Gasteiger partial charge in [0.05, 0.1) is 19.8 Å². The molecular weight excluding hydrogens is 286 g/mol. The van der Waals surface area contributed by atoms with E-state index in [9.17, 15) is 4.79 Å². The molecular formula is C15H27N3O2S. The predicted molar refractivity (Wildman–Crippen MR) is 87.8 cm³/mol. The summed E-state index contributed by atoms with van der Waals surface area (Å²) in [7, 11) is 0. The molecule has 120 valence electrons. The Morgan fingerprint density at radius 1 is 1.43 bits per heavy atom. The summed E-state index contributed by atoms with van der Waals surface area (Å²) in [6.07, 6.45) is 1.70. The Balaban J connectivity index is 1.62. The molecule has 5 nitrogen and oxygen atoms in total. The Morgan fingerprint density at radius 3 is 2.81 bits per heavy atom. The minimum atomic E-state index is 0.209. The maximum Gasteiger partial charge on any atom is 0.224 e. The number of carbonyl (C=O) groups is 1. The zero-order valence-corrected chi connectivity index (χ0v) is 14.2. The number of carbonyl (C=O) groups excluding carboxylic acids is 1. The molecule has 2 rings (SSSR count). The Hall–Kier alpha value is -0.750.